The summed E-state index contributed by atoms with van der Waals surface area (Å²) < 4.78 is 0. The van der Waals surface area contributed by atoms with Crippen LogP contribution in [0.4, 0.5) is 5.69 Å². The van der Waals surface area contributed by atoms with Gasteiger partial charge in [0.1, 0.15) is 0 Å². The molecule has 0 aromatic heterocycles. The number of carbonyl (C=O) groups excluding carboxylic acids is 1. The van der Waals surface area contributed by atoms with Gasteiger partial charge in [-0.3, -0.25) is 4.79 Å². The molecule has 0 bridgehead atoms. The van der Waals surface area contributed by atoms with Gasteiger partial charge in [0.2, 0.25) is 5.91 Å². The molecule has 1 atom stereocenters. The molecule has 4 heteroatoms. The lowest BCUT2D eigenvalue weighted by atomic mass is 10.2. The molecule has 0 radical (unpaired) electrons. The van der Waals surface area contributed by atoms with Crippen LogP contribution in [0.1, 0.15) is 12.5 Å². The second-order valence-corrected chi connectivity index (χ2v) is 5.33. The molecule has 116 valence electrons. The lowest BCUT2D eigenvalue weighted by molar-refractivity contribution is -0.120. The van der Waals surface area contributed by atoms with Crippen molar-refractivity contribution in [1.29, 1.82) is 0 Å². The highest BCUT2D eigenvalue weighted by Crippen LogP contribution is 2.16. The van der Waals surface area contributed by atoms with E-state index in [1.54, 1.807) is 6.92 Å². The van der Waals surface area contributed by atoms with Crippen molar-refractivity contribution in [3.63, 3.8) is 0 Å². The largest absolute Gasteiger partial charge is 0.392 e. The molecular formula is C18H22N2O2. The first-order chi connectivity index (χ1) is 10.6. The molecule has 0 spiro atoms. The summed E-state index contributed by atoms with van der Waals surface area (Å²) in [6.45, 7) is 2.84. The number of benzene rings is 2. The second-order valence-electron chi connectivity index (χ2n) is 5.33. The molecule has 0 aliphatic carbocycles. The fraction of sp³-hybridized carbons (Fsp3) is 0.278. The van der Waals surface area contributed by atoms with E-state index in [1.165, 1.54) is 0 Å². The van der Waals surface area contributed by atoms with Gasteiger partial charge in [-0.15, -0.1) is 0 Å². The standard InChI is InChI=1S/C18H22N2O2/c1-15(21)12-19-18(22)14-20(17-10-6-3-7-11-17)13-16-8-4-2-5-9-16/h2-11,15,21H,12-14H2,1H3,(H,19,22). The van der Waals surface area contributed by atoms with Crippen LogP contribution in [0, 0.1) is 0 Å². The fourth-order valence-corrected chi connectivity index (χ4v) is 2.17. The summed E-state index contributed by atoms with van der Waals surface area (Å²) in [6, 6.07) is 19.9. The van der Waals surface area contributed by atoms with Crippen LogP contribution < -0.4 is 10.2 Å². The Hall–Kier alpha value is -2.33. The predicted molar refractivity (Wildman–Crippen MR) is 88.6 cm³/mol. The molecule has 0 saturated carbocycles. The van der Waals surface area contributed by atoms with E-state index in [0.717, 1.165) is 11.3 Å². The molecule has 4 nitrogen and oxygen atoms in total. The molecule has 0 saturated heterocycles. The minimum absolute atomic E-state index is 0.0966. The zero-order valence-electron chi connectivity index (χ0n) is 12.8. The van der Waals surface area contributed by atoms with Gasteiger partial charge >= 0.3 is 0 Å². The van der Waals surface area contributed by atoms with Gasteiger partial charge in [-0.05, 0) is 24.6 Å². The Balaban J connectivity index is 2.07. The minimum atomic E-state index is -0.539. The first kappa shape index (κ1) is 16.0. The number of anilines is 1. The van der Waals surface area contributed by atoms with Crippen LogP contribution >= 0.6 is 0 Å². The quantitative estimate of drug-likeness (QED) is 0.824. The monoisotopic (exact) mass is 298 g/mol. The third-order valence-corrected chi connectivity index (χ3v) is 3.27. The Kier molecular flexibility index (Phi) is 5.98. The number of hydrogen-bond donors (Lipinski definition) is 2. The highest BCUT2D eigenvalue weighted by Gasteiger charge is 2.12. The van der Waals surface area contributed by atoms with Crippen molar-refractivity contribution in [1.82, 2.24) is 5.32 Å². The van der Waals surface area contributed by atoms with Gasteiger partial charge in [-0.2, -0.15) is 0 Å². The van der Waals surface area contributed by atoms with E-state index in [0.29, 0.717) is 6.54 Å². The topological polar surface area (TPSA) is 52.6 Å². The van der Waals surface area contributed by atoms with Crippen LogP contribution in [0.15, 0.2) is 60.7 Å². The van der Waals surface area contributed by atoms with Crippen molar-refractivity contribution in [2.24, 2.45) is 0 Å². The van der Waals surface area contributed by atoms with Gasteiger partial charge in [0.05, 0.1) is 12.6 Å². The maximum Gasteiger partial charge on any atom is 0.239 e. The first-order valence-corrected chi connectivity index (χ1v) is 7.44. The molecule has 0 aliphatic rings. The van der Waals surface area contributed by atoms with Gasteiger partial charge in [0.15, 0.2) is 0 Å². The highest BCUT2D eigenvalue weighted by molar-refractivity contribution is 5.81. The molecule has 2 N–H and O–H groups in total. The van der Waals surface area contributed by atoms with Crippen LogP contribution in [0.5, 0.6) is 0 Å². The Morgan fingerprint density at radius 1 is 1.09 bits per heavy atom. The summed E-state index contributed by atoms with van der Waals surface area (Å²) in [5.41, 5.74) is 2.15. The highest BCUT2D eigenvalue weighted by atomic mass is 16.3. The van der Waals surface area contributed by atoms with Crippen molar-refractivity contribution in [2.45, 2.75) is 19.6 Å². The van der Waals surface area contributed by atoms with E-state index in [-0.39, 0.29) is 19.0 Å². The maximum absolute atomic E-state index is 12.1. The summed E-state index contributed by atoms with van der Waals surface area (Å²) >= 11 is 0. The average molecular weight is 298 g/mol. The van der Waals surface area contributed by atoms with Gasteiger partial charge < -0.3 is 15.3 Å². The normalized spacial score (nSPS) is 11.7. The van der Waals surface area contributed by atoms with Gasteiger partial charge in [-0.25, -0.2) is 0 Å². The zero-order valence-corrected chi connectivity index (χ0v) is 12.8. The molecule has 0 fully saturated rings. The van der Waals surface area contributed by atoms with Gasteiger partial charge in [0, 0.05) is 18.8 Å². The summed E-state index contributed by atoms with van der Waals surface area (Å²) in [4.78, 5) is 14.1. The lowest BCUT2D eigenvalue weighted by Gasteiger charge is -2.24. The summed E-state index contributed by atoms with van der Waals surface area (Å²) in [6.07, 6.45) is -0.539. The molecule has 0 heterocycles. The number of nitrogens with one attached hydrogen (secondary N) is 1. The molecule has 0 aliphatic heterocycles. The molecule has 1 unspecified atom stereocenters. The van der Waals surface area contributed by atoms with E-state index < -0.39 is 6.10 Å². The van der Waals surface area contributed by atoms with Gasteiger partial charge in [-0.1, -0.05) is 48.5 Å². The number of aliphatic hydroxyl groups is 1. The number of hydrogen-bond acceptors (Lipinski definition) is 3. The van der Waals surface area contributed by atoms with E-state index in [4.69, 9.17) is 0 Å². The van der Waals surface area contributed by atoms with E-state index in [2.05, 4.69) is 5.32 Å². The smallest absolute Gasteiger partial charge is 0.239 e. The number of carbonyl (C=O) groups is 1. The van der Waals surface area contributed by atoms with Gasteiger partial charge in [0.25, 0.3) is 0 Å². The zero-order chi connectivity index (χ0) is 15.8. The SMILES string of the molecule is CC(O)CNC(=O)CN(Cc1ccccc1)c1ccccc1. The number of para-hydroxylation sites is 1. The van der Waals surface area contributed by atoms with Crippen molar-refractivity contribution >= 4 is 11.6 Å². The number of amides is 1. The third-order valence-electron chi connectivity index (χ3n) is 3.27. The van der Waals surface area contributed by atoms with Crippen LogP contribution in [0.2, 0.25) is 0 Å². The molecule has 2 rings (SSSR count). The first-order valence-electron chi connectivity index (χ1n) is 7.44. The van der Waals surface area contributed by atoms with E-state index in [1.807, 2.05) is 65.6 Å². The maximum atomic E-state index is 12.1. The second kappa shape index (κ2) is 8.20. The van der Waals surface area contributed by atoms with Crippen molar-refractivity contribution in [3.8, 4) is 0 Å². The summed E-state index contributed by atoms with van der Waals surface area (Å²) in [5.74, 6) is -0.0966. The van der Waals surface area contributed by atoms with Crippen molar-refractivity contribution in [2.75, 3.05) is 18.0 Å². The third kappa shape index (κ3) is 5.22. The Morgan fingerprint density at radius 2 is 1.68 bits per heavy atom. The van der Waals surface area contributed by atoms with E-state index in [9.17, 15) is 9.90 Å². The minimum Gasteiger partial charge on any atom is -0.392 e. The number of rotatable bonds is 7. The molecular weight excluding hydrogens is 276 g/mol. The molecule has 2 aromatic rings. The fourth-order valence-electron chi connectivity index (χ4n) is 2.17. The Labute approximate surface area is 131 Å². The summed E-state index contributed by atoms with van der Waals surface area (Å²) in [7, 11) is 0. The van der Waals surface area contributed by atoms with Crippen molar-refractivity contribution < 1.29 is 9.90 Å². The van der Waals surface area contributed by atoms with Crippen molar-refractivity contribution in [3.05, 3.63) is 66.2 Å². The lowest BCUT2D eigenvalue weighted by Crippen LogP contribution is -2.39. The van der Waals surface area contributed by atoms with E-state index >= 15 is 0 Å². The predicted octanol–water partition coefficient (Wildman–Crippen LogP) is 2.19. The molecule has 2 aromatic carbocycles. The average Bonchev–Trinajstić information content (AvgIpc) is 2.54. The number of nitrogens with zero attached hydrogens (tertiary/aromatic N) is 1. The summed E-state index contributed by atoms with van der Waals surface area (Å²) in [5, 5.41) is 12.0. The molecule has 1 amide bonds. The Bertz CT molecular complexity index is 570. The Morgan fingerprint density at radius 3 is 2.27 bits per heavy atom. The van der Waals surface area contributed by atoms with Crippen LogP contribution in [0.3, 0.4) is 0 Å². The molecule has 22 heavy (non-hydrogen) atoms. The van der Waals surface area contributed by atoms with Crippen LogP contribution in [-0.4, -0.2) is 30.2 Å². The van der Waals surface area contributed by atoms with Crippen LogP contribution in [0.25, 0.3) is 0 Å². The number of aliphatic hydroxyl groups excluding tert-OH is 1. The van der Waals surface area contributed by atoms with Crippen LogP contribution in [-0.2, 0) is 11.3 Å².